The summed E-state index contributed by atoms with van der Waals surface area (Å²) in [5.41, 5.74) is 0.218. The van der Waals surface area contributed by atoms with Crippen LogP contribution in [0.25, 0.3) is 0 Å². The van der Waals surface area contributed by atoms with E-state index in [0.29, 0.717) is 25.2 Å². The molecule has 30 heavy (non-hydrogen) atoms. The van der Waals surface area contributed by atoms with Crippen molar-refractivity contribution in [3.05, 3.63) is 28.2 Å². The smallest absolute Gasteiger partial charge is 0.223 e. The second-order valence-electron chi connectivity index (χ2n) is 8.50. The number of carbonyl (C=O) groups excluding carboxylic acids is 1. The van der Waals surface area contributed by atoms with Gasteiger partial charge in [0.25, 0.3) is 0 Å². The number of rotatable bonds is 18. The Bertz CT molecular complexity index is 640. The summed E-state index contributed by atoms with van der Waals surface area (Å²) >= 11 is 0. The van der Waals surface area contributed by atoms with Crippen LogP contribution in [0.15, 0.2) is 17.1 Å². The summed E-state index contributed by atoms with van der Waals surface area (Å²) in [6.45, 7) is 5.27. The van der Waals surface area contributed by atoms with Gasteiger partial charge in [-0.15, -0.1) is 0 Å². The van der Waals surface area contributed by atoms with E-state index in [1.54, 1.807) is 13.1 Å². The molecule has 0 fully saturated rings. The van der Waals surface area contributed by atoms with Gasteiger partial charge in [-0.25, -0.2) is 0 Å². The van der Waals surface area contributed by atoms with Crippen molar-refractivity contribution in [3.8, 4) is 5.75 Å². The quantitative estimate of drug-likeness (QED) is 0.293. The highest BCUT2D eigenvalue weighted by Crippen LogP contribution is 2.13. The lowest BCUT2D eigenvalue weighted by Gasteiger charge is -2.11. The van der Waals surface area contributed by atoms with Gasteiger partial charge in [-0.3, -0.25) is 9.59 Å². The molecule has 172 valence electrons. The van der Waals surface area contributed by atoms with E-state index in [2.05, 4.69) is 12.2 Å². The zero-order valence-corrected chi connectivity index (χ0v) is 19.4. The largest absolute Gasteiger partial charge is 0.503 e. The van der Waals surface area contributed by atoms with Gasteiger partial charge in [-0.05, 0) is 19.8 Å². The number of aryl methyl sites for hydroxylation is 1. The van der Waals surface area contributed by atoms with Crippen molar-refractivity contribution in [2.24, 2.45) is 0 Å². The topological polar surface area (TPSA) is 71.3 Å². The molecule has 0 unspecified atom stereocenters. The molecular formula is C25H44N2O3. The Morgan fingerprint density at radius 2 is 1.43 bits per heavy atom. The van der Waals surface area contributed by atoms with Crippen LogP contribution in [0.1, 0.15) is 109 Å². The number of hydrogen-bond acceptors (Lipinski definition) is 3. The molecule has 0 atom stereocenters. The van der Waals surface area contributed by atoms with Crippen LogP contribution in [0.5, 0.6) is 5.75 Å². The van der Waals surface area contributed by atoms with Crippen LogP contribution in [0.2, 0.25) is 0 Å². The third-order valence-corrected chi connectivity index (χ3v) is 5.82. The van der Waals surface area contributed by atoms with Crippen molar-refractivity contribution in [2.45, 2.75) is 117 Å². The molecular weight excluding hydrogens is 376 g/mol. The molecule has 5 nitrogen and oxygen atoms in total. The molecule has 0 aliphatic rings. The lowest BCUT2D eigenvalue weighted by molar-refractivity contribution is -0.121. The second-order valence-corrected chi connectivity index (χ2v) is 8.50. The summed E-state index contributed by atoms with van der Waals surface area (Å²) in [6.07, 6.45) is 20.1. The number of unbranched alkanes of at least 4 members (excludes halogenated alkanes) is 12. The van der Waals surface area contributed by atoms with Gasteiger partial charge in [0.1, 0.15) is 0 Å². The number of hydrogen-bond donors (Lipinski definition) is 2. The van der Waals surface area contributed by atoms with E-state index in [1.807, 2.05) is 4.57 Å². The van der Waals surface area contributed by atoms with Gasteiger partial charge in [0.05, 0.1) is 5.69 Å². The Kier molecular flexibility index (Phi) is 14.8. The fraction of sp³-hybridized carbons (Fsp3) is 0.760. The zero-order chi connectivity index (χ0) is 22.0. The van der Waals surface area contributed by atoms with Crippen LogP contribution < -0.4 is 10.7 Å². The molecule has 1 amide bonds. The first-order valence-corrected chi connectivity index (χ1v) is 12.2. The average molecular weight is 421 g/mol. The monoisotopic (exact) mass is 420 g/mol. The van der Waals surface area contributed by atoms with Crippen LogP contribution in [-0.4, -0.2) is 22.1 Å². The first-order valence-electron chi connectivity index (χ1n) is 12.2. The lowest BCUT2D eigenvalue weighted by atomic mass is 10.0. The first kappa shape index (κ1) is 26.3. The number of nitrogens with zero attached hydrogens (tertiary/aromatic N) is 1. The molecule has 0 saturated heterocycles. The third kappa shape index (κ3) is 12.0. The molecule has 1 heterocycles. The Hall–Kier alpha value is -1.78. The summed E-state index contributed by atoms with van der Waals surface area (Å²) in [5, 5.41) is 12.6. The maximum Gasteiger partial charge on any atom is 0.223 e. The number of aromatic nitrogens is 1. The predicted octanol–water partition coefficient (Wildman–Crippen LogP) is 5.85. The standard InChI is InChI=1S/C25H44N2O3/c1-3-4-5-6-7-8-9-10-11-12-13-14-15-17-24(29)26-19-16-20-27-21-18-23(28)25(30)22(27)2/h18,21,30H,3-17,19-20H2,1-2H3,(H,26,29). The van der Waals surface area contributed by atoms with E-state index in [-0.39, 0.29) is 17.1 Å². The average Bonchev–Trinajstić information content (AvgIpc) is 2.74. The number of nitrogens with one attached hydrogen (secondary N) is 1. The third-order valence-electron chi connectivity index (χ3n) is 5.82. The predicted molar refractivity (Wildman–Crippen MR) is 125 cm³/mol. The first-order chi connectivity index (χ1) is 14.6. The SMILES string of the molecule is CCCCCCCCCCCCCCCC(=O)NCCCn1ccc(=O)c(O)c1C. The molecule has 1 aromatic rings. The van der Waals surface area contributed by atoms with E-state index in [4.69, 9.17) is 0 Å². The summed E-state index contributed by atoms with van der Waals surface area (Å²) in [5.74, 6) is -0.0681. The Labute approximate surface area is 183 Å². The highest BCUT2D eigenvalue weighted by Gasteiger charge is 2.05. The lowest BCUT2D eigenvalue weighted by Crippen LogP contribution is -2.25. The maximum atomic E-state index is 11.9. The van der Waals surface area contributed by atoms with Gasteiger partial charge < -0.3 is 15.0 Å². The Morgan fingerprint density at radius 3 is 2.00 bits per heavy atom. The minimum absolute atomic E-state index is 0.123. The number of pyridine rings is 1. The Balaban J connectivity index is 1.91. The van der Waals surface area contributed by atoms with Crippen LogP contribution >= 0.6 is 0 Å². The van der Waals surface area contributed by atoms with Crippen LogP contribution in [0.3, 0.4) is 0 Å². The molecule has 0 aliphatic heterocycles. The molecule has 0 bridgehead atoms. The normalized spacial score (nSPS) is 11.0. The number of carbonyl (C=O) groups is 1. The van der Waals surface area contributed by atoms with E-state index in [9.17, 15) is 14.7 Å². The zero-order valence-electron chi connectivity index (χ0n) is 19.4. The molecule has 0 radical (unpaired) electrons. The van der Waals surface area contributed by atoms with Crippen molar-refractivity contribution in [3.63, 3.8) is 0 Å². The fourth-order valence-electron chi connectivity index (χ4n) is 3.77. The van der Waals surface area contributed by atoms with Crippen LogP contribution in [0, 0.1) is 6.92 Å². The van der Waals surface area contributed by atoms with Crippen molar-refractivity contribution >= 4 is 5.91 Å². The van der Waals surface area contributed by atoms with Crippen molar-refractivity contribution < 1.29 is 9.90 Å². The summed E-state index contributed by atoms with van der Waals surface area (Å²) in [7, 11) is 0. The molecule has 5 heteroatoms. The number of aromatic hydroxyl groups is 1. The van der Waals surface area contributed by atoms with Gasteiger partial charge >= 0.3 is 0 Å². The molecule has 0 spiro atoms. The number of amides is 1. The van der Waals surface area contributed by atoms with E-state index < -0.39 is 0 Å². The van der Waals surface area contributed by atoms with Crippen molar-refractivity contribution in [2.75, 3.05) is 6.54 Å². The molecule has 0 saturated carbocycles. The van der Waals surface area contributed by atoms with Crippen LogP contribution in [0.4, 0.5) is 0 Å². The summed E-state index contributed by atoms with van der Waals surface area (Å²) in [6, 6.07) is 1.37. The van der Waals surface area contributed by atoms with E-state index >= 15 is 0 Å². The highest BCUT2D eigenvalue weighted by molar-refractivity contribution is 5.75. The maximum absolute atomic E-state index is 11.9. The van der Waals surface area contributed by atoms with Gasteiger partial charge in [0, 0.05) is 31.8 Å². The van der Waals surface area contributed by atoms with Gasteiger partial charge in [-0.1, -0.05) is 84.0 Å². The molecule has 0 aliphatic carbocycles. The van der Waals surface area contributed by atoms with Crippen molar-refractivity contribution in [1.82, 2.24) is 9.88 Å². The van der Waals surface area contributed by atoms with Gasteiger partial charge in [0.15, 0.2) is 5.75 Å². The summed E-state index contributed by atoms with van der Waals surface area (Å²) < 4.78 is 1.84. The molecule has 0 aromatic carbocycles. The highest BCUT2D eigenvalue weighted by atomic mass is 16.3. The van der Waals surface area contributed by atoms with Gasteiger partial charge in [0.2, 0.25) is 11.3 Å². The molecule has 2 N–H and O–H groups in total. The van der Waals surface area contributed by atoms with E-state index in [0.717, 1.165) is 19.3 Å². The minimum Gasteiger partial charge on any atom is -0.503 e. The second kappa shape index (κ2) is 17.0. The Morgan fingerprint density at radius 1 is 0.900 bits per heavy atom. The molecule has 1 aromatic heterocycles. The van der Waals surface area contributed by atoms with E-state index in [1.165, 1.54) is 76.7 Å². The van der Waals surface area contributed by atoms with Crippen molar-refractivity contribution in [1.29, 1.82) is 0 Å². The minimum atomic E-state index is -0.352. The molecule has 1 rings (SSSR count). The summed E-state index contributed by atoms with van der Waals surface area (Å²) in [4.78, 5) is 23.3. The van der Waals surface area contributed by atoms with Gasteiger partial charge in [-0.2, -0.15) is 0 Å². The fourth-order valence-corrected chi connectivity index (χ4v) is 3.77. The van der Waals surface area contributed by atoms with Crippen LogP contribution in [-0.2, 0) is 11.3 Å².